The minimum Gasteiger partial charge on any atom is -0.333 e. The van der Waals surface area contributed by atoms with Crippen LogP contribution in [0.25, 0.3) is 0 Å². The molecule has 2 aromatic carbocycles. The van der Waals surface area contributed by atoms with Gasteiger partial charge in [0.15, 0.2) is 0 Å². The molecule has 0 radical (unpaired) electrons. The second-order valence-corrected chi connectivity index (χ2v) is 6.60. The van der Waals surface area contributed by atoms with E-state index in [-0.39, 0.29) is 24.3 Å². The Bertz CT molecular complexity index is 747. The van der Waals surface area contributed by atoms with E-state index in [9.17, 15) is 9.59 Å². The first-order valence-electron chi connectivity index (χ1n) is 8.38. The van der Waals surface area contributed by atoms with Crippen molar-refractivity contribution >= 4 is 11.8 Å². The third-order valence-corrected chi connectivity index (χ3v) is 5.01. The van der Waals surface area contributed by atoms with Crippen LogP contribution in [0.15, 0.2) is 54.6 Å². The number of carbonyl (C=O) groups excluding carboxylic acids is 2. The highest BCUT2D eigenvalue weighted by atomic mass is 16.2. The van der Waals surface area contributed by atoms with Crippen LogP contribution < -0.4 is 0 Å². The van der Waals surface area contributed by atoms with Gasteiger partial charge in [0.05, 0.1) is 6.54 Å². The molecule has 2 aliphatic rings. The molecule has 0 saturated carbocycles. The second-order valence-electron chi connectivity index (χ2n) is 6.60. The average molecular weight is 320 g/mol. The summed E-state index contributed by atoms with van der Waals surface area (Å²) < 4.78 is 0. The Morgan fingerprint density at radius 2 is 1.58 bits per heavy atom. The molecule has 1 atom stereocenters. The molecule has 0 aliphatic carbocycles. The average Bonchev–Trinajstić information content (AvgIpc) is 3.20. The summed E-state index contributed by atoms with van der Waals surface area (Å²) in [5, 5.41) is 0. The summed E-state index contributed by atoms with van der Waals surface area (Å²) in [5.74, 6) is 0.310. The van der Waals surface area contributed by atoms with E-state index in [0.717, 1.165) is 0 Å². The maximum atomic E-state index is 12.6. The van der Waals surface area contributed by atoms with Gasteiger partial charge in [-0.05, 0) is 16.7 Å². The van der Waals surface area contributed by atoms with E-state index in [1.807, 2.05) is 35.2 Å². The van der Waals surface area contributed by atoms with Crippen molar-refractivity contribution in [3.63, 3.8) is 0 Å². The van der Waals surface area contributed by atoms with Crippen LogP contribution in [0.5, 0.6) is 0 Å². The third kappa shape index (κ3) is 2.80. The van der Waals surface area contributed by atoms with Gasteiger partial charge in [0.1, 0.15) is 0 Å². The quantitative estimate of drug-likeness (QED) is 0.872. The number of hydrogen-bond acceptors (Lipinski definition) is 2. The first-order valence-corrected chi connectivity index (χ1v) is 8.38. The SMILES string of the molecule is O=C(CN1C[C@@H](c2ccccc2)CC1=O)N1Cc2ccccc2C1. The number of carbonyl (C=O) groups is 2. The molecule has 1 saturated heterocycles. The zero-order valence-electron chi connectivity index (χ0n) is 13.5. The standard InChI is InChI=1S/C20H20N2O2/c23-19-10-18(15-6-2-1-3-7-15)13-22(19)14-20(24)21-11-16-8-4-5-9-17(16)12-21/h1-9,18H,10-14H2/t18-/m0/s1. The molecule has 0 bridgehead atoms. The van der Waals surface area contributed by atoms with Crippen LogP contribution in [-0.2, 0) is 22.7 Å². The Hall–Kier alpha value is -2.62. The molecule has 0 N–H and O–H groups in total. The number of fused-ring (bicyclic) bond motifs is 1. The van der Waals surface area contributed by atoms with Crippen molar-refractivity contribution < 1.29 is 9.59 Å². The van der Waals surface area contributed by atoms with Crippen LogP contribution in [-0.4, -0.2) is 34.7 Å². The van der Waals surface area contributed by atoms with Gasteiger partial charge in [-0.15, -0.1) is 0 Å². The molecule has 2 aliphatic heterocycles. The van der Waals surface area contributed by atoms with E-state index in [4.69, 9.17) is 0 Å². The number of hydrogen-bond donors (Lipinski definition) is 0. The highest BCUT2D eigenvalue weighted by molar-refractivity contribution is 5.87. The second kappa shape index (κ2) is 6.11. The zero-order valence-corrected chi connectivity index (χ0v) is 13.5. The molecule has 0 unspecified atom stereocenters. The maximum Gasteiger partial charge on any atom is 0.242 e. The fraction of sp³-hybridized carbons (Fsp3) is 0.300. The molecular formula is C20H20N2O2. The normalized spacial score (nSPS) is 19.7. The first kappa shape index (κ1) is 14.9. The van der Waals surface area contributed by atoms with Crippen molar-refractivity contribution in [3.8, 4) is 0 Å². The van der Waals surface area contributed by atoms with E-state index in [1.165, 1.54) is 16.7 Å². The van der Waals surface area contributed by atoms with Gasteiger partial charge < -0.3 is 9.80 Å². The Morgan fingerprint density at radius 1 is 0.958 bits per heavy atom. The lowest BCUT2D eigenvalue weighted by molar-refractivity contribution is -0.138. The Kier molecular flexibility index (Phi) is 3.81. The number of rotatable bonds is 3. The van der Waals surface area contributed by atoms with Crippen LogP contribution in [0.3, 0.4) is 0 Å². The fourth-order valence-corrected chi connectivity index (χ4v) is 3.65. The van der Waals surface area contributed by atoms with Gasteiger partial charge in [0.2, 0.25) is 11.8 Å². The lowest BCUT2D eigenvalue weighted by Crippen LogP contribution is -2.38. The molecule has 4 heteroatoms. The molecular weight excluding hydrogens is 300 g/mol. The number of nitrogens with zero attached hydrogens (tertiary/aromatic N) is 2. The molecule has 1 fully saturated rings. The van der Waals surface area contributed by atoms with Gasteiger partial charge in [0, 0.05) is 32.0 Å². The molecule has 2 heterocycles. The van der Waals surface area contributed by atoms with Crippen molar-refractivity contribution in [3.05, 3.63) is 71.3 Å². The lowest BCUT2D eigenvalue weighted by atomic mass is 9.99. The van der Waals surface area contributed by atoms with E-state index in [0.29, 0.717) is 26.1 Å². The summed E-state index contributed by atoms with van der Waals surface area (Å²) in [6.45, 7) is 2.13. The summed E-state index contributed by atoms with van der Waals surface area (Å²) in [7, 11) is 0. The maximum absolute atomic E-state index is 12.6. The van der Waals surface area contributed by atoms with Crippen LogP contribution in [0.1, 0.15) is 29.0 Å². The van der Waals surface area contributed by atoms with Crippen molar-refractivity contribution in [2.75, 3.05) is 13.1 Å². The van der Waals surface area contributed by atoms with Gasteiger partial charge in [-0.2, -0.15) is 0 Å². The summed E-state index contributed by atoms with van der Waals surface area (Å²) in [4.78, 5) is 28.4. The minimum atomic E-state index is 0.0354. The molecule has 0 spiro atoms. The van der Waals surface area contributed by atoms with Crippen molar-refractivity contribution in [1.29, 1.82) is 0 Å². The first-order chi connectivity index (χ1) is 11.7. The Morgan fingerprint density at radius 3 is 2.25 bits per heavy atom. The van der Waals surface area contributed by atoms with E-state index < -0.39 is 0 Å². The highest BCUT2D eigenvalue weighted by Gasteiger charge is 2.33. The lowest BCUT2D eigenvalue weighted by Gasteiger charge is -2.21. The number of benzene rings is 2. The van der Waals surface area contributed by atoms with Gasteiger partial charge in [-0.1, -0.05) is 54.6 Å². The van der Waals surface area contributed by atoms with Crippen molar-refractivity contribution in [1.82, 2.24) is 9.80 Å². The monoisotopic (exact) mass is 320 g/mol. The van der Waals surface area contributed by atoms with Gasteiger partial charge in [-0.25, -0.2) is 0 Å². The Labute approximate surface area is 141 Å². The van der Waals surface area contributed by atoms with Gasteiger partial charge in [0.25, 0.3) is 0 Å². The molecule has 4 nitrogen and oxygen atoms in total. The molecule has 0 aromatic heterocycles. The van der Waals surface area contributed by atoms with Gasteiger partial charge in [-0.3, -0.25) is 9.59 Å². The van der Waals surface area contributed by atoms with Crippen molar-refractivity contribution in [2.24, 2.45) is 0 Å². The molecule has 4 rings (SSSR count). The number of likely N-dealkylation sites (tertiary alicyclic amines) is 1. The third-order valence-electron chi connectivity index (χ3n) is 5.01. The van der Waals surface area contributed by atoms with Crippen molar-refractivity contribution in [2.45, 2.75) is 25.4 Å². The van der Waals surface area contributed by atoms with Crippen LogP contribution in [0.2, 0.25) is 0 Å². The largest absolute Gasteiger partial charge is 0.333 e. The summed E-state index contributed by atoms with van der Waals surface area (Å²) in [6.07, 6.45) is 0.498. The summed E-state index contributed by atoms with van der Waals surface area (Å²) in [6, 6.07) is 18.2. The predicted octanol–water partition coefficient (Wildman–Crippen LogP) is 2.54. The molecule has 24 heavy (non-hydrogen) atoms. The van der Waals surface area contributed by atoms with E-state index >= 15 is 0 Å². The van der Waals surface area contributed by atoms with Crippen LogP contribution >= 0.6 is 0 Å². The minimum absolute atomic E-state index is 0.0354. The highest BCUT2D eigenvalue weighted by Crippen LogP contribution is 2.28. The molecule has 122 valence electrons. The zero-order chi connectivity index (χ0) is 16.5. The summed E-state index contributed by atoms with van der Waals surface area (Å²) in [5.41, 5.74) is 3.59. The fourth-order valence-electron chi connectivity index (χ4n) is 3.65. The molecule has 2 amide bonds. The topological polar surface area (TPSA) is 40.6 Å². The van der Waals surface area contributed by atoms with Crippen LogP contribution in [0, 0.1) is 0 Å². The number of amides is 2. The Balaban J connectivity index is 1.39. The van der Waals surface area contributed by atoms with E-state index in [2.05, 4.69) is 24.3 Å². The predicted molar refractivity (Wildman–Crippen MR) is 91.1 cm³/mol. The van der Waals surface area contributed by atoms with E-state index in [1.54, 1.807) is 4.90 Å². The smallest absolute Gasteiger partial charge is 0.242 e. The molecule has 2 aromatic rings. The van der Waals surface area contributed by atoms with Crippen LogP contribution in [0.4, 0.5) is 0 Å². The summed E-state index contributed by atoms with van der Waals surface area (Å²) >= 11 is 0. The van der Waals surface area contributed by atoms with Gasteiger partial charge >= 0.3 is 0 Å².